The summed E-state index contributed by atoms with van der Waals surface area (Å²) in [5.74, 6) is 1.46. The second kappa shape index (κ2) is 4.17. The van der Waals surface area contributed by atoms with Crippen molar-refractivity contribution in [1.29, 1.82) is 0 Å². The van der Waals surface area contributed by atoms with Crippen LogP contribution in [-0.4, -0.2) is 41.2 Å². The Bertz CT molecular complexity index is 617. The molecule has 94 valence electrons. The number of fused-ring (bicyclic) bond motifs is 1. The molecular formula is C11H14N6O. The second-order valence-corrected chi connectivity index (χ2v) is 4.01. The van der Waals surface area contributed by atoms with E-state index in [0.717, 1.165) is 41.5 Å². The maximum atomic E-state index is 5.35. The van der Waals surface area contributed by atoms with E-state index < -0.39 is 0 Å². The Hall–Kier alpha value is -2.31. The van der Waals surface area contributed by atoms with Gasteiger partial charge in [0, 0.05) is 13.6 Å². The molecule has 0 saturated carbocycles. The zero-order valence-electron chi connectivity index (χ0n) is 10.3. The van der Waals surface area contributed by atoms with E-state index in [1.54, 1.807) is 11.8 Å². The summed E-state index contributed by atoms with van der Waals surface area (Å²) in [6, 6.07) is 3.83. The Morgan fingerprint density at radius 3 is 3.06 bits per heavy atom. The maximum Gasteiger partial charge on any atom is 0.196 e. The van der Waals surface area contributed by atoms with Crippen LogP contribution < -0.4 is 15.4 Å². The first-order valence-electron chi connectivity index (χ1n) is 5.71. The summed E-state index contributed by atoms with van der Waals surface area (Å²) < 4.78 is 7.08. The van der Waals surface area contributed by atoms with Gasteiger partial charge in [0.2, 0.25) is 0 Å². The van der Waals surface area contributed by atoms with Crippen LogP contribution in [0.25, 0.3) is 11.0 Å². The molecule has 1 aromatic carbocycles. The fraction of sp³-hybridized carbons (Fsp3) is 0.364. The van der Waals surface area contributed by atoms with Crippen molar-refractivity contribution in [3.8, 4) is 5.75 Å². The summed E-state index contributed by atoms with van der Waals surface area (Å²) in [6.45, 7) is 1.63. The molecule has 0 saturated heterocycles. The average molecular weight is 246 g/mol. The highest BCUT2D eigenvalue weighted by Crippen LogP contribution is 2.31. The minimum atomic E-state index is 0.722. The van der Waals surface area contributed by atoms with Crippen LogP contribution in [0.5, 0.6) is 5.75 Å². The highest BCUT2D eigenvalue weighted by molar-refractivity contribution is 6.03. The summed E-state index contributed by atoms with van der Waals surface area (Å²) >= 11 is 0. The number of benzene rings is 1. The molecule has 0 fully saturated rings. The van der Waals surface area contributed by atoms with E-state index in [1.807, 2.05) is 19.2 Å². The standard InChI is InChI=1S/C11H14N6O/c1-17-7-3-4-8(18-2)10(9(7)15-16-17)14-11-12-5-6-13-11/h3-4H,5-6H2,1-2H3,(H2,12,13,14). The third kappa shape index (κ3) is 1.64. The van der Waals surface area contributed by atoms with Gasteiger partial charge in [-0.3, -0.25) is 4.99 Å². The summed E-state index contributed by atoms with van der Waals surface area (Å²) in [5, 5.41) is 14.5. The number of nitrogens with zero attached hydrogens (tertiary/aromatic N) is 4. The molecule has 7 heteroatoms. The zero-order chi connectivity index (χ0) is 12.5. The van der Waals surface area contributed by atoms with Crippen molar-refractivity contribution in [2.24, 2.45) is 12.0 Å². The minimum Gasteiger partial charge on any atom is -0.494 e. The van der Waals surface area contributed by atoms with Crippen LogP contribution in [0, 0.1) is 0 Å². The van der Waals surface area contributed by atoms with Crippen molar-refractivity contribution in [3.05, 3.63) is 12.1 Å². The first-order valence-corrected chi connectivity index (χ1v) is 5.71. The van der Waals surface area contributed by atoms with E-state index in [2.05, 4.69) is 25.9 Å². The fourth-order valence-electron chi connectivity index (χ4n) is 1.97. The van der Waals surface area contributed by atoms with Gasteiger partial charge in [0.1, 0.15) is 17.0 Å². The van der Waals surface area contributed by atoms with E-state index in [4.69, 9.17) is 4.74 Å². The number of guanidine groups is 1. The number of aliphatic imine (C=N–C) groups is 1. The predicted molar refractivity (Wildman–Crippen MR) is 69.0 cm³/mol. The van der Waals surface area contributed by atoms with Gasteiger partial charge < -0.3 is 15.4 Å². The molecule has 0 radical (unpaired) electrons. The van der Waals surface area contributed by atoms with E-state index in [0.29, 0.717) is 0 Å². The van der Waals surface area contributed by atoms with Gasteiger partial charge in [-0.2, -0.15) is 0 Å². The normalized spacial score (nSPS) is 14.4. The molecule has 2 heterocycles. The Kier molecular flexibility index (Phi) is 2.51. The van der Waals surface area contributed by atoms with Crippen LogP contribution in [0.15, 0.2) is 17.1 Å². The number of ether oxygens (including phenoxy) is 1. The largest absolute Gasteiger partial charge is 0.494 e. The molecule has 0 atom stereocenters. The van der Waals surface area contributed by atoms with Gasteiger partial charge in [-0.15, -0.1) is 5.10 Å². The van der Waals surface area contributed by atoms with Crippen LogP contribution in [0.3, 0.4) is 0 Å². The molecule has 0 aliphatic carbocycles. The topological polar surface area (TPSA) is 76.4 Å². The van der Waals surface area contributed by atoms with E-state index in [-0.39, 0.29) is 0 Å². The molecule has 2 aromatic rings. The van der Waals surface area contributed by atoms with Crippen LogP contribution in [0.1, 0.15) is 0 Å². The summed E-state index contributed by atoms with van der Waals surface area (Å²) in [4.78, 5) is 4.30. The third-order valence-corrected chi connectivity index (χ3v) is 2.88. The van der Waals surface area contributed by atoms with Gasteiger partial charge in [-0.1, -0.05) is 5.21 Å². The van der Waals surface area contributed by atoms with Gasteiger partial charge in [-0.05, 0) is 12.1 Å². The van der Waals surface area contributed by atoms with E-state index in [9.17, 15) is 0 Å². The number of aryl methyl sites for hydroxylation is 1. The van der Waals surface area contributed by atoms with Gasteiger partial charge in [0.05, 0.1) is 19.2 Å². The van der Waals surface area contributed by atoms with Crippen molar-refractivity contribution in [2.75, 3.05) is 25.5 Å². The number of aromatic nitrogens is 3. The molecular weight excluding hydrogens is 232 g/mol. The second-order valence-electron chi connectivity index (χ2n) is 4.01. The number of hydrogen-bond donors (Lipinski definition) is 2. The van der Waals surface area contributed by atoms with Crippen LogP contribution in [-0.2, 0) is 7.05 Å². The molecule has 2 N–H and O–H groups in total. The monoisotopic (exact) mass is 246 g/mol. The number of anilines is 1. The SMILES string of the molecule is COc1ccc2c(nnn2C)c1NC1=NCCN1. The Morgan fingerprint density at radius 1 is 1.44 bits per heavy atom. The van der Waals surface area contributed by atoms with Crippen molar-refractivity contribution in [3.63, 3.8) is 0 Å². The lowest BCUT2D eigenvalue weighted by Crippen LogP contribution is -2.26. The highest BCUT2D eigenvalue weighted by Gasteiger charge is 2.15. The predicted octanol–water partition coefficient (Wildman–Crippen LogP) is 0.348. The first-order chi connectivity index (χ1) is 8.79. The molecule has 18 heavy (non-hydrogen) atoms. The van der Waals surface area contributed by atoms with Crippen molar-refractivity contribution in [1.82, 2.24) is 20.3 Å². The minimum absolute atomic E-state index is 0.722. The molecule has 0 unspecified atom stereocenters. The lowest BCUT2D eigenvalue weighted by molar-refractivity contribution is 0.417. The molecule has 0 spiro atoms. The van der Waals surface area contributed by atoms with Gasteiger partial charge in [0.25, 0.3) is 0 Å². The quantitative estimate of drug-likeness (QED) is 0.799. The maximum absolute atomic E-state index is 5.35. The Balaban J connectivity index is 2.11. The van der Waals surface area contributed by atoms with Gasteiger partial charge in [-0.25, -0.2) is 4.68 Å². The molecule has 0 amide bonds. The molecule has 1 aliphatic heterocycles. The summed E-state index contributed by atoms with van der Waals surface area (Å²) in [7, 11) is 3.49. The Morgan fingerprint density at radius 2 is 2.33 bits per heavy atom. The molecule has 1 aromatic heterocycles. The number of rotatable bonds is 2. The van der Waals surface area contributed by atoms with E-state index >= 15 is 0 Å². The van der Waals surface area contributed by atoms with E-state index in [1.165, 1.54) is 0 Å². The smallest absolute Gasteiger partial charge is 0.196 e. The van der Waals surface area contributed by atoms with Crippen molar-refractivity contribution in [2.45, 2.75) is 0 Å². The average Bonchev–Trinajstić information content (AvgIpc) is 3.00. The lowest BCUT2D eigenvalue weighted by Gasteiger charge is -2.11. The first kappa shape index (κ1) is 10.8. The van der Waals surface area contributed by atoms with Crippen LogP contribution in [0.4, 0.5) is 5.69 Å². The van der Waals surface area contributed by atoms with Crippen molar-refractivity contribution < 1.29 is 4.74 Å². The summed E-state index contributed by atoms with van der Waals surface area (Å²) in [6.07, 6.45) is 0. The third-order valence-electron chi connectivity index (χ3n) is 2.88. The molecule has 0 bridgehead atoms. The number of methoxy groups -OCH3 is 1. The van der Waals surface area contributed by atoms with Crippen molar-refractivity contribution >= 4 is 22.7 Å². The number of hydrogen-bond acceptors (Lipinski definition) is 6. The summed E-state index contributed by atoms with van der Waals surface area (Å²) in [5.41, 5.74) is 2.50. The molecule has 1 aliphatic rings. The zero-order valence-corrected chi connectivity index (χ0v) is 10.3. The van der Waals surface area contributed by atoms with Gasteiger partial charge in [0.15, 0.2) is 5.96 Å². The fourth-order valence-corrected chi connectivity index (χ4v) is 1.97. The molecule has 3 rings (SSSR count). The van der Waals surface area contributed by atoms with Crippen LogP contribution >= 0.6 is 0 Å². The highest BCUT2D eigenvalue weighted by atomic mass is 16.5. The van der Waals surface area contributed by atoms with Crippen LogP contribution in [0.2, 0.25) is 0 Å². The molecule has 7 nitrogen and oxygen atoms in total. The lowest BCUT2D eigenvalue weighted by atomic mass is 10.2. The van der Waals surface area contributed by atoms with Gasteiger partial charge >= 0.3 is 0 Å². The number of nitrogens with one attached hydrogen (secondary N) is 2. The Labute approximate surface area is 104 Å².